The first-order valence-electron chi connectivity index (χ1n) is 7.78. The van der Waals surface area contributed by atoms with Gasteiger partial charge in [0, 0.05) is 41.6 Å². The number of benzene rings is 2. The Kier molecular flexibility index (Phi) is 5.48. The van der Waals surface area contributed by atoms with E-state index in [0.29, 0.717) is 10.7 Å². The highest BCUT2D eigenvalue weighted by Crippen LogP contribution is 2.38. The van der Waals surface area contributed by atoms with Gasteiger partial charge in [0.2, 0.25) is 11.8 Å². The second kappa shape index (κ2) is 7.63. The summed E-state index contributed by atoms with van der Waals surface area (Å²) in [6, 6.07) is 8.38. The van der Waals surface area contributed by atoms with E-state index in [1.807, 2.05) is 0 Å². The predicted octanol–water partition coefficient (Wildman–Crippen LogP) is 4.08. The lowest BCUT2D eigenvalue weighted by atomic mass is 10.1. The van der Waals surface area contributed by atoms with Gasteiger partial charge in [-0.3, -0.25) is 9.59 Å². The zero-order valence-corrected chi connectivity index (χ0v) is 15.3. The van der Waals surface area contributed by atoms with Gasteiger partial charge < -0.3 is 10.2 Å². The van der Waals surface area contributed by atoms with E-state index in [1.54, 1.807) is 18.2 Å². The Balaban J connectivity index is 1.65. The van der Waals surface area contributed by atoms with Crippen molar-refractivity contribution in [2.45, 2.75) is 23.1 Å². The number of hydrogen-bond donors (Lipinski definition) is 1. The van der Waals surface area contributed by atoms with Crippen LogP contribution in [0, 0.1) is 11.6 Å². The average Bonchev–Trinajstić information content (AvgIpc) is 2.58. The molecule has 136 valence electrons. The number of thioether (sulfide) groups is 1. The molecule has 8 heteroatoms. The molecule has 1 heterocycles. The lowest BCUT2D eigenvalue weighted by Gasteiger charge is -2.26. The normalized spacial score (nSPS) is 16.0. The highest BCUT2D eigenvalue weighted by Gasteiger charge is 2.30. The smallest absolute Gasteiger partial charge is 0.238 e. The first kappa shape index (κ1) is 18.7. The Hall–Kier alpha value is -2.12. The summed E-state index contributed by atoms with van der Waals surface area (Å²) >= 11 is 7.20. The molecule has 3 rings (SSSR count). The number of amides is 2. The fourth-order valence-corrected chi connectivity index (χ4v) is 3.82. The number of nitrogens with zero attached hydrogens (tertiary/aromatic N) is 1. The Bertz CT molecular complexity index is 878. The van der Waals surface area contributed by atoms with Crippen LogP contribution >= 0.6 is 23.4 Å². The molecule has 0 aromatic heterocycles. The second-order valence-electron chi connectivity index (χ2n) is 5.93. The van der Waals surface area contributed by atoms with Gasteiger partial charge >= 0.3 is 0 Å². The van der Waals surface area contributed by atoms with Crippen LogP contribution in [0.25, 0.3) is 0 Å². The van der Waals surface area contributed by atoms with E-state index in [9.17, 15) is 18.4 Å². The number of hydrogen-bond acceptors (Lipinski definition) is 3. The minimum Gasteiger partial charge on any atom is -0.341 e. The fraction of sp³-hybridized carbons (Fsp3) is 0.222. The van der Waals surface area contributed by atoms with Crippen molar-refractivity contribution in [2.75, 3.05) is 12.4 Å². The molecule has 2 amide bonds. The molecular formula is C18H15ClF2N2O2S. The molecule has 0 bridgehead atoms. The van der Waals surface area contributed by atoms with Crippen LogP contribution in [0.2, 0.25) is 5.02 Å². The lowest BCUT2D eigenvalue weighted by molar-refractivity contribution is -0.131. The lowest BCUT2D eigenvalue weighted by Crippen LogP contribution is -2.35. The summed E-state index contributed by atoms with van der Waals surface area (Å²) < 4.78 is 26.7. The summed E-state index contributed by atoms with van der Waals surface area (Å²) in [5.41, 5.74) is 0.834. The molecule has 0 radical (unpaired) electrons. The van der Waals surface area contributed by atoms with Crippen LogP contribution < -0.4 is 5.32 Å². The number of fused-ring (bicyclic) bond motifs is 1. The largest absolute Gasteiger partial charge is 0.341 e. The van der Waals surface area contributed by atoms with Gasteiger partial charge in [0.05, 0.1) is 10.9 Å². The van der Waals surface area contributed by atoms with Gasteiger partial charge in [-0.2, -0.15) is 0 Å². The molecule has 2 aromatic rings. The standard InChI is InChI=1S/C18H15ClF2N2O2S/c1-23(9-10-2-4-12(20)7-13(10)21)17(24)8-16-18(25)22-14-6-11(19)3-5-15(14)26-16/h2-7,16H,8-9H2,1H3,(H,22,25). The van der Waals surface area contributed by atoms with Crippen LogP contribution in [-0.2, 0) is 16.1 Å². The summed E-state index contributed by atoms with van der Waals surface area (Å²) in [7, 11) is 1.52. The highest BCUT2D eigenvalue weighted by atomic mass is 35.5. The molecule has 0 saturated heterocycles. The van der Waals surface area contributed by atoms with Crippen LogP contribution in [-0.4, -0.2) is 29.0 Å². The van der Waals surface area contributed by atoms with E-state index in [0.717, 1.165) is 17.0 Å². The third-order valence-corrected chi connectivity index (χ3v) is 5.48. The van der Waals surface area contributed by atoms with E-state index >= 15 is 0 Å². The number of nitrogens with one attached hydrogen (secondary N) is 1. The van der Waals surface area contributed by atoms with E-state index < -0.39 is 16.9 Å². The molecule has 0 fully saturated rings. The van der Waals surface area contributed by atoms with E-state index in [2.05, 4.69) is 5.32 Å². The van der Waals surface area contributed by atoms with Crippen molar-refractivity contribution in [3.8, 4) is 0 Å². The summed E-state index contributed by atoms with van der Waals surface area (Å²) in [6.07, 6.45) is -0.0299. The van der Waals surface area contributed by atoms with E-state index in [4.69, 9.17) is 11.6 Å². The third-order valence-electron chi connectivity index (χ3n) is 3.97. The van der Waals surface area contributed by atoms with Gasteiger partial charge in [-0.1, -0.05) is 17.7 Å². The van der Waals surface area contributed by atoms with Gasteiger partial charge in [0.1, 0.15) is 11.6 Å². The summed E-state index contributed by atoms with van der Waals surface area (Å²) in [4.78, 5) is 26.8. The number of anilines is 1. The number of halogens is 3. The number of rotatable bonds is 4. The molecule has 0 spiro atoms. The zero-order chi connectivity index (χ0) is 18.8. The van der Waals surface area contributed by atoms with E-state index in [1.165, 1.54) is 29.8 Å². The van der Waals surface area contributed by atoms with Gasteiger partial charge in [-0.15, -0.1) is 11.8 Å². The highest BCUT2D eigenvalue weighted by molar-refractivity contribution is 8.01. The first-order valence-corrected chi connectivity index (χ1v) is 9.04. The molecule has 1 unspecified atom stereocenters. The van der Waals surface area contributed by atoms with Crippen molar-refractivity contribution in [2.24, 2.45) is 0 Å². The van der Waals surface area contributed by atoms with Crippen LogP contribution in [0.15, 0.2) is 41.3 Å². The zero-order valence-electron chi connectivity index (χ0n) is 13.8. The molecule has 1 aliphatic heterocycles. The van der Waals surface area contributed by atoms with Crippen LogP contribution in [0.4, 0.5) is 14.5 Å². The number of carbonyl (C=O) groups excluding carboxylic acids is 2. The summed E-state index contributed by atoms with van der Waals surface area (Å²) in [5.74, 6) is -1.97. The third kappa shape index (κ3) is 4.16. The summed E-state index contributed by atoms with van der Waals surface area (Å²) in [6.45, 7) is -0.00382. The van der Waals surface area contributed by atoms with Crippen LogP contribution in [0.5, 0.6) is 0 Å². The van der Waals surface area contributed by atoms with Gasteiger partial charge in [0.15, 0.2) is 0 Å². The van der Waals surface area contributed by atoms with Crippen molar-refractivity contribution < 1.29 is 18.4 Å². The van der Waals surface area contributed by atoms with Crippen LogP contribution in [0.1, 0.15) is 12.0 Å². The first-order chi connectivity index (χ1) is 12.3. The van der Waals surface area contributed by atoms with Gasteiger partial charge in [0.25, 0.3) is 0 Å². The number of carbonyl (C=O) groups is 2. The molecule has 1 N–H and O–H groups in total. The van der Waals surface area contributed by atoms with Gasteiger partial charge in [-0.05, 0) is 24.3 Å². The maximum atomic E-state index is 13.7. The van der Waals surface area contributed by atoms with Gasteiger partial charge in [-0.25, -0.2) is 8.78 Å². The minimum absolute atomic E-state index is 0.00382. The topological polar surface area (TPSA) is 49.4 Å². The molecule has 1 atom stereocenters. The molecule has 0 aliphatic carbocycles. The Morgan fingerprint density at radius 2 is 2.04 bits per heavy atom. The SMILES string of the molecule is CN(Cc1ccc(F)cc1F)C(=O)CC1Sc2ccc(Cl)cc2NC1=O. The van der Waals surface area contributed by atoms with Crippen molar-refractivity contribution in [3.05, 3.63) is 58.6 Å². The fourth-order valence-electron chi connectivity index (χ4n) is 2.57. The van der Waals surface area contributed by atoms with Crippen molar-refractivity contribution in [1.82, 2.24) is 4.90 Å². The van der Waals surface area contributed by atoms with Crippen molar-refractivity contribution >= 4 is 40.9 Å². The Morgan fingerprint density at radius 3 is 2.77 bits per heavy atom. The second-order valence-corrected chi connectivity index (χ2v) is 7.61. The molecule has 1 aliphatic rings. The Morgan fingerprint density at radius 1 is 1.27 bits per heavy atom. The molecule has 26 heavy (non-hydrogen) atoms. The maximum Gasteiger partial charge on any atom is 0.238 e. The quantitative estimate of drug-likeness (QED) is 0.847. The monoisotopic (exact) mass is 396 g/mol. The average molecular weight is 397 g/mol. The van der Waals surface area contributed by atoms with Crippen molar-refractivity contribution in [1.29, 1.82) is 0 Å². The predicted molar refractivity (Wildman–Crippen MR) is 97.2 cm³/mol. The Labute approximate surface area is 158 Å². The van der Waals surface area contributed by atoms with E-state index in [-0.39, 0.29) is 30.3 Å². The molecular weight excluding hydrogens is 382 g/mol. The molecule has 4 nitrogen and oxygen atoms in total. The van der Waals surface area contributed by atoms with Crippen molar-refractivity contribution in [3.63, 3.8) is 0 Å². The summed E-state index contributed by atoms with van der Waals surface area (Å²) in [5, 5.41) is 2.67. The molecule has 0 saturated carbocycles. The molecule has 2 aromatic carbocycles. The van der Waals surface area contributed by atoms with Crippen LogP contribution in [0.3, 0.4) is 0 Å². The minimum atomic E-state index is -0.708. The maximum absolute atomic E-state index is 13.7.